The Morgan fingerprint density at radius 3 is 2.45 bits per heavy atom. The van der Waals surface area contributed by atoms with Crippen LogP contribution in [-0.4, -0.2) is 26.6 Å². The normalized spacial score (nSPS) is 12.4. The maximum absolute atomic E-state index is 12.6. The van der Waals surface area contributed by atoms with E-state index in [4.69, 9.17) is 4.74 Å². The second-order valence-corrected chi connectivity index (χ2v) is 7.32. The summed E-state index contributed by atoms with van der Waals surface area (Å²) >= 11 is 0. The summed E-state index contributed by atoms with van der Waals surface area (Å²) in [6, 6.07) is 24.4. The predicted molar refractivity (Wildman–Crippen MR) is 118 cm³/mol. The summed E-state index contributed by atoms with van der Waals surface area (Å²) in [6.45, 7) is 0.768. The number of carbonyl (C=O) groups is 1. The van der Waals surface area contributed by atoms with E-state index < -0.39 is 0 Å². The Hall–Kier alpha value is -3.53. The van der Waals surface area contributed by atoms with Gasteiger partial charge in [-0.3, -0.25) is 4.79 Å². The number of nitrogens with one attached hydrogen (secondary N) is 1. The van der Waals surface area contributed by atoms with Crippen LogP contribution in [0.2, 0.25) is 0 Å². The molecule has 0 spiro atoms. The summed E-state index contributed by atoms with van der Waals surface area (Å²) in [5.74, 6) is 0.706. The molecule has 1 heterocycles. The van der Waals surface area contributed by atoms with Crippen LogP contribution in [-0.2, 0) is 11.3 Å². The summed E-state index contributed by atoms with van der Waals surface area (Å²) in [5, 5.41) is 2.99. The van der Waals surface area contributed by atoms with E-state index in [2.05, 4.69) is 23.5 Å². The van der Waals surface area contributed by atoms with Crippen molar-refractivity contribution in [2.75, 3.05) is 25.6 Å². The number of carbonyl (C=O) groups excluding carboxylic acids is 1. The lowest BCUT2D eigenvalue weighted by Gasteiger charge is -2.19. The SMILES string of the molecule is CN(C)c1ccc(CNC(=O)C2=Cc3cc(-c4ccccc4)ccc3OC2)cc1. The van der Waals surface area contributed by atoms with Gasteiger partial charge in [0.15, 0.2) is 0 Å². The molecule has 1 aliphatic heterocycles. The van der Waals surface area contributed by atoms with Crippen molar-refractivity contribution in [3.8, 4) is 16.9 Å². The van der Waals surface area contributed by atoms with Gasteiger partial charge in [-0.2, -0.15) is 0 Å². The number of fused-ring (bicyclic) bond motifs is 1. The summed E-state index contributed by atoms with van der Waals surface area (Å²) in [7, 11) is 4.01. The van der Waals surface area contributed by atoms with Gasteiger partial charge in [0.2, 0.25) is 0 Å². The highest BCUT2D eigenvalue weighted by atomic mass is 16.5. The van der Waals surface area contributed by atoms with E-state index in [1.54, 1.807) is 0 Å². The van der Waals surface area contributed by atoms with Crippen molar-refractivity contribution in [3.63, 3.8) is 0 Å². The fourth-order valence-corrected chi connectivity index (χ4v) is 3.33. The van der Waals surface area contributed by atoms with Crippen LogP contribution in [0.5, 0.6) is 5.75 Å². The Labute approximate surface area is 171 Å². The maximum Gasteiger partial charge on any atom is 0.250 e. The lowest BCUT2D eigenvalue weighted by Crippen LogP contribution is -2.28. The average Bonchev–Trinajstić information content (AvgIpc) is 2.77. The number of nitrogens with zero attached hydrogens (tertiary/aromatic N) is 1. The number of rotatable bonds is 5. The van der Waals surface area contributed by atoms with Crippen LogP contribution >= 0.6 is 0 Å². The Morgan fingerprint density at radius 1 is 0.966 bits per heavy atom. The van der Waals surface area contributed by atoms with Crippen LogP contribution in [0, 0.1) is 0 Å². The Balaban J connectivity index is 1.47. The van der Waals surface area contributed by atoms with E-state index in [1.807, 2.05) is 79.7 Å². The first kappa shape index (κ1) is 18.8. The van der Waals surface area contributed by atoms with Gasteiger partial charge in [0.05, 0.1) is 5.57 Å². The largest absolute Gasteiger partial charge is 0.488 e. The van der Waals surface area contributed by atoms with Crippen molar-refractivity contribution >= 4 is 17.7 Å². The van der Waals surface area contributed by atoms with Gasteiger partial charge in [-0.25, -0.2) is 0 Å². The van der Waals surface area contributed by atoms with E-state index in [-0.39, 0.29) is 12.5 Å². The third kappa shape index (κ3) is 4.32. The minimum absolute atomic E-state index is 0.0996. The van der Waals surface area contributed by atoms with Crippen LogP contribution in [0.3, 0.4) is 0 Å². The van der Waals surface area contributed by atoms with Crippen molar-refractivity contribution in [1.82, 2.24) is 5.32 Å². The molecule has 0 bridgehead atoms. The first-order valence-corrected chi connectivity index (χ1v) is 9.67. The molecule has 0 atom stereocenters. The van der Waals surface area contributed by atoms with Crippen molar-refractivity contribution in [2.24, 2.45) is 0 Å². The summed E-state index contributed by atoms with van der Waals surface area (Å²) in [6.07, 6.45) is 1.93. The highest BCUT2D eigenvalue weighted by Crippen LogP contribution is 2.31. The summed E-state index contributed by atoms with van der Waals surface area (Å²) in [4.78, 5) is 14.7. The van der Waals surface area contributed by atoms with Crippen molar-refractivity contribution in [2.45, 2.75) is 6.54 Å². The Kier molecular flexibility index (Phi) is 5.34. The molecule has 3 aromatic carbocycles. The van der Waals surface area contributed by atoms with Crippen LogP contribution in [0.15, 0.2) is 78.4 Å². The predicted octanol–water partition coefficient (Wildman–Crippen LogP) is 4.51. The van der Waals surface area contributed by atoms with Gasteiger partial charge in [-0.1, -0.05) is 48.5 Å². The molecular formula is C25H24N2O2. The molecule has 4 nitrogen and oxygen atoms in total. The van der Waals surface area contributed by atoms with Crippen LogP contribution in [0.1, 0.15) is 11.1 Å². The second kappa shape index (κ2) is 8.23. The number of amides is 1. The molecule has 4 rings (SSSR count). The van der Waals surface area contributed by atoms with Crippen molar-refractivity contribution in [1.29, 1.82) is 0 Å². The summed E-state index contributed by atoms with van der Waals surface area (Å²) in [5.41, 5.74) is 6.00. The molecule has 3 aromatic rings. The molecule has 0 fully saturated rings. The van der Waals surface area contributed by atoms with Gasteiger partial charge in [-0.15, -0.1) is 0 Å². The Morgan fingerprint density at radius 2 is 1.72 bits per heavy atom. The Bertz CT molecular complexity index is 1040. The minimum atomic E-state index is -0.0996. The van der Waals surface area contributed by atoms with Crippen LogP contribution in [0.25, 0.3) is 17.2 Å². The zero-order valence-electron chi connectivity index (χ0n) is 16.7. The molecule has 4 heteroatoms. The van der Waals surface area contributed by atoms with Gasteiger partial charge in [0, 0.05) is 31.9 Å². The lowest BCUT2D eigenvalue weighted by atomic mass is 10.00. The third-order valence-corrected chi connectivity index (χ3v) is 5.03. The molecule has 0 unspecified atom stereocenters. The highest BCUT2D eigenvalue weighted by Gasteiger charge is 2.17. The zero-order valence-corrected chi connectivity index (χ0v) is 16.7. The van der Waals surface area contributed by atoms with Gasteiger partial charge in [-0.05, 0) is 47.0 Å². The molecule has 1 N–H and O–H groups in total. The van der Waals surface area contributed by atoms with E-state index in [0.29, 0.717) is 12.1 Å². The minimum Gasteiger partial charge on any atom is -0.488 e. The molecule has 0 saturated carbocycles. The fourth-order valence-electron chi connectivity index (χ4n) is 3.33. The maximum atomic E-state index is 12.6. The van der Waals surface area contributed by atoms with Gasteiger partial charge in [0.25, 0.3) is 5.91 Å². The van der Waals surface area contributed by atoms with E-state index in [1.165, 1.54) is 0 Å². The zero-order chi connectivity index (χ0) is 20.2. The molecule has 146 valence electrons. The number of hydrogen-bond acceptors (Lipinski definition) is 3. The van der Waals surface area contributed by atoms with Gasteiger partial charge >= 0.3 is 0 Å². The molecule has 0 radical (unpaired) electrons. The van der Waals surface area contributed by atoms with Crippen molar-refractivity contribution in [3.05, 3.63) is 89.5 Å². The molecule has 0 saturated heterocycles. The van der Waals surface area contributed by atoms with E-state index in [9.17, 15) is 4.79 Å². The molecule has 0 aliphatic carbocycles. The first-order valence-electron chi connectivity index (χ1n) is 9.67. The molecular weight excluding hydrogens is 360 g/mol. The van der Waals surface area contributed by atoms with E-state index >= 15 is 0 Å². The van der Waals surface area contributed by atoms with E-state index in [0.717, 1.165) is 33.7 Å². The molecule has 1 amide bonds. The van der Waals surface area contributed by atoms with Crippen LogP contribution in [0.4, 0.5) is 5.69 Å². The number of ether oxygens (including phenoxy) is 1. The van der Waals surface area contributed by atoms with Gasteiger partial charge < -0.3 is 15.0 Å². The standard InChI is InChI=1S/C25H24N2O2/c1-27(2)23-11-8-18(9-12-23)16-26-25(28)22-15-21-14-20(10-13-24(21)29-17-22)19-6-4-3-5-7-19/h3-15H,16-17H2,1-2H3,(H,26,28). The topological polar surface area (TPSA) is 41.6 Å². The van der Waals surface area contributed by atoms with Crippen molar-refractivity contribution < 1.29 is 9.53 Å². The number of hydrogen-bond donors (Lipinski definition) is 1. The van der Waals surface area contributed by atoms with Gasteiger partial charge in [0.1, 0.15) is 12.4 Å². The lowest BCUT2D eigenvalue weighted by molar-refractivity contribution is -0.117. The number of anilines is 1. The monoisotopic (exact) mass is 384 g/mol. The van der Waals surface area contributed by atoms with Crippen LogP contribution < -0.4 is 15.0 Å². The number of benzene rings is 3. The smallest absolute Gasteiger partial charge is 0.250 e. The quantitative estimate of drug-likeness (QED) is 0.704. The highest BCUT2D eigenvalue weighted by molar-refractivity contribution is 5.99. The molecule has 0 aromatic heterocycles. The molecule has 29 heavy (non-hydrogen) atoms. The third-order valence-electron chi connectivity index (χ3n) is 5.03. The fraction of sp³-hybridized carbons (Fsp3) is 0.160. The first-order chi connectivity index (χ1) is 14.1. The average molecular weight is 384 g/mol. The summed E-state index contributed by atoms with van der Waals surface area (Å²) < 4.78 is 5.81. The second-order valence-electron chi connectivity index (χ2n) is 7.32. The molecule has 1 aliphatic rings.